The van der Waals surface area contributed by atoms with Gasteiger partial charge in [0.15, 0.2) is 11.6 Å². The summed E-state index contributed by atoms with van der Waals surface area (Å²) in [5, 5.41) is 17.9. The first-order valence-corrected chi connectivity index (χ1v) is 5.88. The van der Waals surface area contributed by atoms with Crippen LogP contribution in [0.5, 0.6) is 0 Å². The molecule has 20 heavy (non-hydrogen) atoms. The summed E-state index contributed by atoms with van der Waals surface area (Å²) in [5.74, 6) is 0.336. The van der Waals surface area contributed by atoms with Gasteiger partial charge in [-0.1, -0.05) is 22.4 Å². The quantitative estimate of drug-likeness (QED) is 0.333. The maximum absolute atomic E-state index is 11.9. The van der Waals surface area contributed by atoms with Gasteiger partial charge in [0.2, 0.25) is 0 Å². The molecule has 0 unspecified atom stereocenters. The first-order chi connectivity index (χ1) is 9.60. The minimum absolute atomic E-state index is 0.00547. The number of hydrogen-bond acceptors (Lipinski definition) is 5. The Labute approximate surface area is 115 Å². The maximum Gasteiger partial charge on any atom is 0.251 e. The van der Waals surface area contributed by atoms with E-state index in [-0.39, 0.29) is 18.3 Å². The number of aryl methyl sites for hydroxylation is 1. The van der Waals surface area contributed by atoms with Crippen LogP contribution in [0.3, 0.4) is 0 Å². The van der Waals surface area contributed by atoms with Crippen molar-refractivity contribution in [3.63, 3.8) is 0 Å². The van der Waals surface area contributed by atoms with Crippen molar-refractivity contribution in [1.82, 2.24) is 10.5 Å². The minimum atomic E-state index is -0.245. The second-order valence-corrected chi connectivity index (χ2v) is 4.18. The maximum atomic E-state index is 11.9. The van der Waals surface area contributed by atoms with Crippen LogP contribution < -0.4 is 11.1 Å². The lowest BCUT2D eigenvalue weighted by Crippen LogP contribution is -2.22. The molecule has 7 nitrogen and oxygen atoms in total. The third kappa shape index (κ3) is 3.14. The largest absolute Gasteiger partial charge is 0.409 e. The molecule has 0 saturated carbocycles. The SMILES string of the molecule is Cc1cc(CNC(=O)c2ccc(C(N)=NO)cc2)on1. The Morgan fingerprint density at radius 3 is 2.60 bits per heavy atom. The van der Waals surface area contributed by atoms with Crippen LogP contribution in [0.2, 0.25) is 0 Å². The van der Waals surface area contributed by atoms with Gasteiger partial charge in [-0.15, -0.1) is 0 Å². The Kier molecular flexibility index (Phi) is 3.99. The molecule has 0 atom stereocenters. The lowest BCUT2D eigenvalue weighted by atomic mass is 10.1. The molecule has 2 rings (SSSR count). The average Bonchev–Trinajstić information content (AvgIpc) is 2.89. The fourth-order valence-corrected chi connectivity index (χ4v) is 1.62. The van der Waals surface area contributed by atoms with Crippen molar-refractivity contribution in [3.8, 4) is 0 Å². The molecule has 1 aromatic heterocycles. The molecule has 0 spiro atoms. The number of benzene rings is 1. The summed E-state index contributed by atoms with van der Waals surface area (Å²) in [6, 6.07) is 8.13. The first kappa shape index (κ1) is 13.6. The number of amidine groups is 1. The van der Waals surface area contributed by atoms with Crippen LogP contribution in [0.25, 0.3) is 0 Å². The average molecular weight is 274 g/mol. The molecule has 0 radical (unpaired) electrons. The van der Waals surface area contributed by atoms with E-state index < -0.39 is 0 Å². The van der Waals surface area contributed by atoms with E-state index in [1.807, 2.05) is 0 Å². The fraction of sp³-hybridized carbons (Fsp3) is 0.154. The molecular formula is C13H14N4O3. The molecule has 0 bridgehead atoms. The predicted molar refractivity (Wildman–Crippen MR) is 71.4 cm³/mol. The Bertz CT molecular complexity index is 631. The second-order valence-electron chi connectivity index (χ2n) is 4.18. The summed E-state index contributed by atoms with van der Waals surface area (Å²) in [7, 11) is 0. The molecule has 0 fully saturated rings. The van der Waals surface area contributed by atoms with E-state index in [0.717, 1.165) is 5.69 Å². The van der Waals surface area contributed by atoms with Gasteiger partial charge in [-0.25, -0.2) is 0 Å². The van der Waals surface area contributed by atoms with Crippen molar-refractivity contribution in [3.05, 3.63) is 52.9 Å². The lowest BCUT2D eigenvalue weighted by Gasteiger charge is -2.04. The van der Waals surface area contributed by atoms with Crippen LogP contribution in [-0.2, 0) is 6.54 Å². The highest BCUT2D eigenvalue weighted by molar-refractivity contribution is 5.99. The number of carbonyl (C=O) groups excluding carboxylic acids is 1. The van der Waals surface area contributed by atoms with Crippen LogP contribution in [0.4, 0.5) is 0 Å². The number of oxime groups is 1. The zero-order valence-electron chi connectivity index (χ0n) is 10.8. The van der Waals surface area contributed by atoms with Crippen molar-refractivity contribution < 1.29 is 14.5 Å². The summed E-state index contributed by atoms with van der Waals surface area (Å²) in [6.45, 7) is 2.07. The van der Waals surface area contributed by atoms with Crippen LogP contribution in [0.1, 0.15) is 27.4 Å². The van der Waals surface area contributed by atoms with Gasteiger partial charge in [-0.2, -0.15) is 0 Å². The molecule has 7 heteroatoms. The van der Waals surface area contributed by atoms with E-state index >= 15 is 0 Å². The summed E-state index contributed by atoms with van der Waals surface area (Å²) >= 11 is 0. The molecule has 1 aromatic carbocycles. The van der Waals surface area contributed by atoms with Gasteiger partial charge >= 0.3 is 0 Å². The normalized spacial score (nSPS) is 11.3. The third-order valence-corrected chi connectivity index (χ3v) is 2.65. The molecule has 0 aliphatic rings. The highest BCUT2D eigenvalue weighted by Gasteiger charge is 2.08. The number of rotatable bonds is 4. The number of nitrogens with two attached hydrogens (primary N) is 1. The number of hydrogen-bond donors (Lipinski definition) is 3. The van der Waals surface area contributed by atoms with Gasteiger partial charge in [0.25, 0.3) is 5.91 Å². The van der Waals surface area contributed by atoms with Crippen molar-refractivity contribution in [2.75, 3.05) is 0 Å². The molecule has 0 aliphatic heterocycles. The number of carbonyl (C=O) groups is 1. The molecular weight excluding hydrogens is 260 g/mol. The smallest absolute Gasteiger partial charge is 0.251 e. The van der Waals surface area contributed by atoms with Gasteiger partial charge in [0, 0.05) is 17.2 Å². The van der Waals surface area contributed by atoms with Crippen LogP contribution in [0.15, 0.2) is 40.0 Å². The topological polar surface area (TPSA) is 114 Å². The summed E-state index contributed by atoms with van der Waals surface area (Å²) in [6.07, 6.45) is 0. The first-order valence-electron chi connectivity index (χ1n) is 5.88. The van der Waals surface area contributed by atoms with Gasteiger partial charge in [-0.3, -0.25) is 4.79 Å². The van der Waals surface area contributed by atoms with Crippen LogP contribution in [-0.4, -0.2) is 22.1 Å². The standard InChI is InChI=1S/C13H14N4O3/c1-8-6-11(20-17-8)7-15-13(18)10-4-2-9(3-5-10)12(14)16-19/h2-6,19H,7H2,1H3,(H2,14,16)(H,15,18). The summed E-state index contributed by atoms with van der Waals surface area (Å²) in [4.78, 5) is 11.9. The molecule has 1 amide bonds. The number of nitrogens with one attached hydrogen (secondary N) is 1. The molecule has 104 valence electrons. The highest BCUT2D eigenvalue weighted by atomic mass is 16.5. The molecule has 0 saturated heterocycles. The van der Waals surface area contributed by atoms with E-state index in [9.17, 15) is 4.79 Å². The van der Waals surface area contributed by atoms with Crippen molar-refractivity contribution >= 4 is 11.7 Å². The zero-order chi connectivity index (χ0) is 14.5. The van der Waals surface area contributed by atoms with Gasteiger partial charge in [0.1, 0.15) is 0 Å². The number of amides is 1. The Morgan fingerprint density at radius 1 is 1.40 bits per heavy atom. The fourth-order valence-electron chi connectivity index (χ4n) is 1.62. The molecule has 2 aromatic rings. The highest BCUT2D eigenvalue weighted by Crippen LogP contribution is 2.06. The van der Waals surface area contributed by atoms with Crippen molar-refractivity contribution in [2.45, 2.75) is 13.5 Å². The van der Waals surface area contributed by atoms with Crippen molar-refractivity contribution in [2.24, 2.45) is 10.9 Å². The Hall–Kier alpha value is -2.83. The Balaban J connectivity index is 1.99. The van der Waals surface area contributed by atoms with Crippen molar-refractivity contribution in [1.29, 1.82) is 0 Å². The molecule has 0 aliphatic carbocycles. The van der Waals surface area contributed by atoms with E-state index in [1.165, 1.54) is 0 Å². The summed E-state index contributed by atoms with van der Waals surface area (Å²) < 4.78 is 4.99. The van der Waals surface area contributed by atoms with Gasteiger partial charge in [0.05, 0.1) is 12.2 Å². The van der Waals surface area contributed by atoms with Gasteiger partial charge in [-0.05, 0) is 19.1 Å². The minimum Gasteiger partial charge on any atom is -0.409 e. The Morgan fingerprint density at radius 2 is 2.05 bits per heavy atom. The van der Waals surface area contributed by atoms with E-state index in [2.05, 4.69) is 15.6 Å². The van der Waals surface area contributed by atoms with Crippen LogP contribution in [0, 0.1) is 6.92 Å². The van der Waals surface area contributed by atoms with E-state index in [0.29, 0.717) is 16.9 Å². The second kappa shape index (κ2) is 5.87. The zero-order valence-corrected chi connectivity index (χ0v) is 10.8. The molecule has 1 heterocycles. The predicted octanol–water partition coefficient (Wildman–Crippen LogP) is 1.01. The lowest BCUT2D eigenvalue weighted by molar-refractivity contribution is 0.0947. The van der Waals surface area contributed by atoms with Crippen LogP contribution >= 0.6 is 0 Å². The summed E-state index contributed by atoms with van der Waals surface area (Å²) in [5.41, 5.74) is 7.20. The number of nitrogens with zero attached hydrogens (tertiary/aromatic N) is 2. The third-order valence-electron chi connectivity index (χ3n) is 2.65. The van der Waals surface area contributed by atoms with Gasteiger partial charge < -0.3 is 20.8 Å². The van der Waals surface area contributed by atoms with E-state index in [4.69, 9.17) is 15.5 Å². The molecule has 4 N–H and O–H groups in total. The number of aromatic nitrogens is 1. The monoisotopic (exact) mass is 274 g/mol. The van der Waals surface area contributed by atoms with E-state index in [1.54, 1.807) is 37.3 Å².